The zero-order valence-corrected chi connectivity index (χ0v) is 48.0. The van der Waals surface area contributed by atoms with Crippen LogP contribution in [-0.4, -0.2) is 177 Å². The third-order valence-electron chi connectivity index (χ3n) is 16.4. The van der Waals surface area contributed by atoms with Crippen LogP contribution in [0.2, 0.25) is 0 Å². The van der Waals surface area contributed by atoms with Crippen LogP contribution in [-0.2, 0) is 119 Å². The first kappa shape index (κ1) is 64.4. The molecule has 1 N–H and O–H groups in total. The van der Waals surface area contributed by atoms with Crippen molar-refractivity contribution in [2.24, 2.45) is 28.1 Å². The maximum atomic E-state index is 13.4. The van der Waals surface area contributed by atoms with E-state index in [1.54, 1.807) is 0 Å². The molecule has 0 aromatic rings. The minimum absolute atomic E-state index is 0.127. The molecule has 26 heteroatoms. The number of hydrogen-bond acceptors (Lipinski definition) is 25. The lowest BCUT2D eigenvalue weighted by Gasteiger charge is -2.64. The number of carbonyl (C=O) groups is 10. The minimum Gasteiger partial charge on any atom is -0.481 e. The van der Waals surface area contributed by atoms with Crippen molar-refractivity contribution in [1.29, 1.82) is 0 Å². The van der Waals surface area contributed by atoms with Gasteiger partial charge in [0.2, 0.25) is 0 Å². The van der Waals surface area contributed by atoms with E-state index in [0.717, 1.165) is 74.3 Å². The third-order valence-corrected chi connectivity index (χ3v) is 16.4. The zero-order chi connectivity index (χ0) is 60.1. The van der Waals surface area contributed by atoms with Gasteiger partial charge in [0.1, 0.15) is 37.6 Å². The van der Waals surface area contributed by atoms with E-state index in [1.807, 2.05) is 6.92 Å². The Morgan fingerprint density at radius 2 is 0.938 bits per heavy atom. The monoisotopic (exact) mass is 1150 g/mol. The average Bonchev–Trinajstić information content (AvgIpc) is 3.55. The number of carboxylic acids is 1. The number of hydrogen-bond donors (Lipinski definition) is 1. The van der Waals surface area contributed by atoms with Gasteiger partial charge in [-0.05, 0) is 76.0 Å². The lowest BCUT2D eigenvalue weighted by Crippen LogP contribution is -2.69. The lowest BCUT2D eigenvalue weighted by molar-refractivity contribution is -0.393. The van der Waals surface area contributed by atoms with E-state index in [1.165, 1.54) is 6.92 Å². The van der Waals surface area contributed by atoms with Crippen molar-refractivity contribution in [2.45, 2.75) is 227 Å². The van der Waals surface area contributed by atoms with E-state index in [2.05, 4.69) is 13.5 Å². The van der Waals surface area contributed by atoms with E-state index in [4.69, 9.17) is 71.1 Å². The molecule has 81 heavy (non-hydrogen) atoms. The Kier molecular flexibility index (Phi) is 21.2. The van der Waals surface area contributed by atoms with Gasteiger partial charge < -0.3 is 76.2 Å². The first-order chi connectivity index (χ1) is 37.9. The van der Waals surface area contributed by atoms with E-state index in [0.29, 0.717) is 44.9 Å². The average molecular weight is 1160 g/mol. The molecule has 0 spiro atoms. The summed E-state index contributed by atoms with van der Waals surface area (Å²) in [6.45, 7) is 17.8. The van der Waals surface area contributed by atoms with Gasteiger partial charge in [-0.2, -0.15) is 0 Å². The number of carboxylic acid groups (broad SMARTS) is 1. The van der Waals surface area contributed by atoms with E-state index < -0.39 is 181 Å². The molecule has 3 saturated carbocycles. The fourth-order valence-corrected chi connectivity index (χ4v) is 13.5. The van der Waals surface area contributed by atoms with Gasteiger partial charge in [0.25, 0.3) is 0 Å². The van der Waals surface area contributed by atoms with Crippen LogP contribution < -0.4 is 0 Å². The third kappa shape index (κ3) is 15.1. The largest absolute Gasteiger partial charge is 0.481 e. The van der Waals surface area contributed by atoms with Crippen LogP contribution in [0.5, 0.6) is 0 Å². The Labute approximate surface area is 469 Å². The van der Waals surface area contributed by atoms with Gasteiger partial charge in [-0.25, -0.2) is 0 Å². The maximum Gasteiger partial charge on any atom is 0.309 e. The molecule has 3 heterocycles. The molecule has 3 aliphatic heterocycles. The maximum absolute atomic E-state index is 13.4. The molecule has 6 aliphatic rings. The molecule has 10 unspecified atom stereocenters. The highest BCUT2D eigenvalue weighted by Crippen LogP contribution is 2.68. The highest BCUT2D eigenvalue weighted by Gasteiger charge is 2.65. The normalized spacial score (nSPS) is 38.2. The van der Waals surface area contributed by atoms with Crippen LogP contribution in [0.1, 0.15) is 134 Å². The second-order valence-electron chi connectivity index (χ2n) is 22.5. The molecule has 454 valence electrons. The number of esters is 9. The van der Waals surface area contributed by atoms with E-state index >= 15 is 0 Å². The van der Waals surface area contributed by atoms with Crippen LogP contribution in [0.4, 0.5) is 0 Å². The molecule has 6 rings (SSSR count). The topological polar surface area (TPSA) is 329 Å². The summed E-state index contributed by atoms with van der Waals surface area (Å²) >= 11 is 0. The lowest BCUT2D eigenvalue weighted by atomic mass is 9.40. The molecule has 0 bridgehead atoms. The van der Waals surface area contributed by atoms with Crippen LogP contribution in [0.25, 0.3) is 0 Å². The number of carbonyl (C=O) groups excluding carboxylic acids is 9. The standard InChI is InChI=1S/C55H78O26/c1-25-15-16-39-53(12)18-14-19-54(13,52(65)66)38(53)17-20-55(39,21-25)24-69-49-46(81-50-47(76-34(10)63)43(74-32(8)61)40(26(2)70-50)71-29(5)58)45(42(73-31(7)60)36(78-49)22-67-27(3)56)80-51-48(77-35(11)64)44(75-33(9)62)41(72-30(6)59)37(79-51)23-68-28(4)57/h26,36-51H,1,14-24H2,2-13H3,(H,65,66)/t26?,36?,37?,38?,39-,40-,41+,42+,43?,44?,45?,46?,47?,48?,49+,50-,51-,53+,54+,55+/m0/s1. The molecule has 3 aliphatic carbocycles. The van der Waals surface area contributed by atoms with E-state index in [-0.39, 0.29) is 18.4 Å². The highest BCUT2D eigenvalue weighted by molar-refractivity contribution is 5.75. The summed E-state index contributed by atoms with van der Waals surface area (Å²) in [4.78, 5) is 129. The number of fused-ring (bicyclic) bond motifs is 3. The number of ether oxygens (including phenoxy) is 15. The summed E-state index contributed by atoms with van der Waals surface area (Å²) in [5.74, 6) is -9.35. The smallest absolute Gasteiger partial charge is 0.309 e. The quantitative estimate of drug-likeness (QED) is 0.110. The molecule has 0 aromatic heterocycles. The fourth-order valence-electron chi connectivity index (χ4n) is 13.5. The van der Waals surface area contributed by atoms with Gasteiger partial charge >= 0.3 is 59.7 Å². The van der Waals surface area contributed by atoms with Crippen molar-refractivity contribution in [3.8, 4) is 0 Å². The molecule has 3 saturated heterocycles. The summed E-state index contributed by atoms with van der Waals surface area (Å²) in [5, 5.41) is 10.7. The van der Waals surface area contributed by atoms with Crippen LogP contribution in [0, 0.1) is 28.1 Å². The fraction of sp³-hybridized carbons (Fsp3) is 0.782. The van der Waals surface area contributed by atoms with Gasteiger partial charge in [0, 0.05) is 67.7 Å². The Morgan fingerprint density at radius 1 is 0.506 bits per heavy atom. The second-order valence-corrected chi connectivity index (χ2v) is 22.5. The van der Waals surface area contributed by atoms with Crippen LogP contribution in [0.15, 0.2) is 12.2 Å². The molecule has 26 nitrogen and oxygen atoms in total. The van der Waals surface area contributed by atoms with Crippen molar-refractivity contribution >= 4 is 59.7 Å². The number of rotatable bonds is 19. The molecule has 0 amide bonds. The SMILES string of the molecule is C=C1CC[C@@H]2[C@](CO[C@@H]3OC(COC(C)=O)[C@@H](OC(C)=O)C(O[C@@H]4OC(COC(C)=O)[C@@H](OC(C)=O)C(OC(C)=O)C4OC(C)=O)C3O[C@@H]3OC(C)[C@H](OC(C)=O)C(OC(C)=O)C3OC(C)=O)(CCC3[C@](C)(C(=O)O)CCC[C@]32C)C1. The number of aliphatic carboxylic acids is 1. The Balaban J connectivity index is 1.57. The summed E-state index contributed by atoms with van der Waals surface area (Å²) in [7, 11) is 0. The van der Waals surface area contributed by atoms with Gasteiger partial charge in [0.15, 0.2) is 61.6 Å². The first-order valence-electron chi connectivity index (χ1n) is 27.2. The summed E-state index contributed by atoms with van der Waals surface area (Å²) in [6.07, 6.45) is -20.9. The molecular weight excluding hydrogens is 1080 g/mol. The molecular formula is C55H78O26. The first-order valence-corrected chi connectivity index (χ1v) is 27.2. The zero-order valence-electron chi connectivity index (χ0n) is 48.0. The van der Waals surface area contributed by atoms with Gasteiger partial charge in [0.05, 0.1) is 18.1 Å². The predicted molar refractivity (Wildman–Crippen MR) is 269 cm³/mol. The van der Waals surface area contributed by atoms with Crippen LogP contribution in [0.3, 0.4) is 0 Å². The summed E-state index contributed by atoms with van der Waals surface area (Å²) in [5.41, 5.74) is -1.31. The van der Waals surface area contributed by atoms with Crippen molar-refractivity contribution in [3.05, 3.63) is 12.2 Å². The molecule has 0 aromatic carbocycles. The van der Waals surface area contributed by atoms with Crippen LogP contribution >= 0.6 is 0 Å². The van der Waals surface area contributed by atoms with Gasteiger partial charge in [-0.3, -0.25) is 47.9 Å². The molecule has 20 atom stereocenters. The Bertz CT molecular complexity index is 2390. The van der Waals surface area contributed by atoms with E-state index in [9.17, 15) is 53.1 Å². The van der Waals surface area contributed by atoms with Gasteiger partial charge in [-0.15, -0.1) is 0 Å². The minimum atomic E-state index is -2.01. The Morgan fingerprint density at radius 3 is 1.43 bits per heavy atom. The number of allylic oxidation sites excluding steroid dienone is 1. The Hall–Kier alpha value is -5.80. The summed E-state index contributed by atoms with van der Waals surface area (Å²) < 4.78 is 91.2. The van der Waals surface area contributed by atoms with Gasteiger partial charge in [-0.1, -0.05) is 25.5 Å². The highest BCUT2D eigenvalue weighted by atomic mass is 16.8. The predicted octanol–water partition coefficient (Wildman–Crippen LogP) is 3.65. The summed E-state index contributed by atoms with van der Waals surface area (Å²) in [6, 6.07) is 0. The van der Waals surface area contributed by atoms with Crippen molar-refractivity contribution in [2.75, 3.05) is 19.8 Å². The van der Waals surface area contributed by atoms with Crippen molar-refractivity contribution in [1.82, 2.24) is 0 Å². The van der Waals surface area contributed by atoms with Crippen molar-refractivity contribution in [3.63, 3.8) is 0 Å². The second kappa shape index (κ2) is 26.6. The molecule has 6 fully saturated rings. The van der Waals surface area contributed by atoms with Crippen molar-refractivity contribution < 1.29 is 124 Å². The molecule has 0 radical (unpaired) electrons.